The molecule has 0 saturated carbocycles. The molecule has 152 valence electrons. The number of aromatic amines is 1. The number of imidazole rings is 1. The number of methoxy groups -OCH3 is 2. The van der Waals surface area contributed by atoms with Crippen molar-refractivity contribution in [2.24, 2.45) is 0 Å². The molecule has 0 saturated heterocycles. The molecule has 2 heterocycles. The SMILES string of the molecule is COc1ccc(-c2nc(S(=O)(=O)c3ccccn3)[nH]c2-c2ccc(OC)cc2)cc1. The number of aromatic nitrogens is 3. The summed E-state index contributed by atoms with van der Waals surface area (Å²) in [5, 5.41) is -0.237. The number of H-pyrrole nitrogens is 1. The Labute approximate surface area is 174 Å². The summed E-state index contributed by atoms with van der Waals surface area (Å²) in [7, 11) is -0.733. The number of hydrogen-bond acceptors (Lipinski definition) is 6. The smallest absolute Gasteiger partial charge is 0.257 e. The van der Waals surface area contributed by atoms with E-state index in [-0.39, 0.29) is 10.2 Å². The van der Waals surface area contributed by atoms with Gasteiger partial charge >= 0.3 is 0 Å². The Bertz CT molecular complexity index is 1190. The minimum atomic E-state index is -3.91. The maximum atomic E-state index is 13.1. The van der Waals surface area contributed by atoms with E-state index in [0.29, 0.717) is 22.9 Å². The van der Waals surface area contributed by atoms with Gasteiger partial charge in [-0.1, -0.05) is 6.07 Å². The Morgan fingerprint density at radius 2 is 1.40 bits per heavy atom. The molecular weight excluding hydrogens is 402 g/mol. The molecule has 0 aliphatic rings. The maximum absolute atomic E-state index is 13.1. The van der Waals surface area contributed by atoms with E-state index < -0.39 is 9.84 Å². The average Bonchev–Trinajstić information content (AvgIpc) is 3.26. The molecule has 2 aromatic carbocycles. The lowest BCUT2D eigenvalue weighted by atomic mass is 10.0. The molecule has 0 aliphatic carbocycles. The first-order valence-electron chi connectivity index (χ1n) is 9.08. The van der Waals surface area contributed by atoms with Crippen LogP contribution < -0.4 is 9.47 Å². The second-order valence-corrected chi connectivity index (χ2v) is 8.21. The summed E-state index contributed by atoms with van der Waals surface area (Å²) in [5.74, 6) is 1.40. The number of rotatable bonds is 6. The molecule has 0 amide bonds. The highest BCUT2D eigenvalue weighted by Gasteiger charge is 2.26. The van der Waals surface area contributed by atoms with Crippen LogP contribution in [0.4, 0.5) is 0 Å². The monoisotopic (exact) mass is 421 g/mol. The number of sulfone groups is 1. The number of ether oxygens (including phenoxy) is 2. The first-order chi connectivity index (χ1) is 14.5. The van der Waals surface area contributed by atoms with Crippen LogP contribution in [0.2, 0.25) is 0 Å². The van der Waals surface area contributed by atoms with Crippen molar-refractivity contribution in [3.63, 3.8) is 0 Å². The van der Waals surface area contributed by atoms with Crippen LogP contribution in [0.1, 0.15) is 0 Å². The van der Waals surface area contributed by atoms with Crippen molar-refractivity contribution in [1.82, 2.24) is 15.0 Å². The molecule has 0 spiro atoms. The molecule has 1 N–H and O–H groups in total. The average molecular weight is 421 g/mol. The topological polar surface area (TPSA) is 94.2 Å². The predicted octanol–water partition coefficient (Wildman–Crippen LogP) is 3.99. The fraction of sp³-hybridized carbons (Fsp3) is 0.0909. The van der Waals surface area contributed by atoms with Gasteiger partial charge in [0.2, 0.25) is 5.16 Å². The van der Waals surface area contributed by atoms with E-state index in [1.807, 2.05) is 24.3 Å². The normalized spacial score (nSPS) is 11.3. The van der Waals surface area contributed by atoms with E-state index in [4.69, 9.17) is 9.47 Å². The summed E-state index contributed by atoms with van der Waals surface area (Å²) < 4.78 is 36.6. The molecule has 4 rings (SSSR count). The van der Waals surface area contributed by atoms with Gasteiger partial charge in [-0.25, -0.2) is 18.4 Å². The van der Waals surface area contributed by atoms with Crippen molar-refractivity contribution in [2.45, 2.75) is 10.2 Å². The lowest BCUT2D eigenvalue weighted by molar-refractivity contribution is 0.414. The van der Waals surface area contributed by atoms with Crippen LogP contribution in [0.3, 0.4) is 0 Å². The first-order valence-corrected chi connectivity index (χ1v) is 10.6. The molecule has 0 fully saturated rings. The molecule has 0 atom stereocenters. The highest BCUT2D eigenvalue weighted by atomic mass is 32.2. The molecule has 0 bridgehead atoms. The zero-order valence-corrected chi connectivity index (χ0v) is 17.2. The van der Waals surface area contributed by atoms with E-state index in [9.17, 15) is 8.42 Å². The van der Waals surface area contributed by atoms with Crippen LogP contribution in [0.25, 0.3) is 22.5 Å². The second-order valence-electron chi connectivity index (χ2n) is 6.39. The predicted molar refractivity (Wildman–Crippen MR) is 112 cm³/mol. The molecule has 30 heavy (non-hydrogen) atoms. The van der Waals surface area contributed by atoms with Gasteiger partial charge in [-0.2, -0.15) is 0 Å². The zero-order valence-electron chi connectivity index (χ0n) is 16.4. The third kappa shape index (κ3) is 3.65. The third-order valence-corrected chi connectivity index (χ3v) is 6.09. The summed E-state index contributed by atoms with van der Waals surface area (Å²) in [6.07, 6.45) is 1.44. The van der Waals surface area contributed by atoms with Gasteiger partial charge < -0.3 is 14.5 Å². The van der Waals surface area contributed by atoms with Crippen LogP contribution in [0.15, 0.2) is 83.1 Å². The van der Waals surface area contributed by atoms with E-state index in [1.165, 1.54) is 12.3 Å². The summed E-state index contributed by atoms with van der Waals surface area (Å²) in [4.78, 5) is 11.4. The molecule has 0 aliphatic heterocycles. The van der Waals surface area contributed by atoms with Gasteiger partial charge in [0.05, 0.1) is 25.6 Å². The van der Waals surface area contributed by atoms with Gasteiger partial charge in [-0.15, -0.1) is 0 Å². The van der Waals surface area contributed by atoms with Gasteiger partial charge in [-0.05, 0) is 60.7 Å². The van der Waals surface area contributed by atoms with Crippen molar-refractivity contribution in [3.8, 4) is 34.0 Å². The highest BCUT2D eigenvalue weighted by molar-refractivity contribution is 7.91. The molecule has 8 heteroatoms. The Balaban J connectivity index is 1.88. The van der Waals surface area contributed by atoms with Crippen LogP contribution in [0.5, 0.6) is 11.5 Å². The van der Waals surface area contributed by atoms with Gasteiger partial charge in [0.15, 0.2) is 5.03 Å². The summed E-state index contributed by atoms with van der Waals surface area (Å²) >= 11 is 0. The fourth-order valence-electron chi connectivity index (χ4n) is 3.01. The van der Waals surface area contributed by atoms with Crippen LogP contribution >= 0.6 is 0 Å². The van der Waals surface area contributed by atoms with Gasteiger partial charge in [0.1, 0.15) is 11.5 Å². The number of nitrogens with zero attached hydrogens (tertiary/aromatic N) is 2. The summed E-state index contributed by atoms with van der Waals surface area (Å²) in [6, 6.07) is 19.3. The van der Waals surface area contributed by atoms with Crippen LogP contribution in [0, 0.1) is 0 Å². The Kier molecular flexibility index (Phi) is 5.24. The third-order valence-electron chi connectivity index (χ3n) is 4.59. The zero-order chi connectivity index (χ0) is 21.1. The standard InChI is InChI=1S/C22H19N3O4S/c1-28-17-10-6-15(7-11-17)20-21(16-8-12-18(29-2)13-9-16)25-22(24-20)30(26,27)19-5-3-4-14-23-19/h3-14H,1-2H3,(H,24,25). The summed E-state index contributed by atoms with van der Waals surface area (Å²) in [6.45, 7) is 0. The molecule has 7 nitrogen and oxygen atoms in total. The van der Waals surface area contributed by atoms with Crippen molar-refractivity contribution in [1.29, 1.82) is 0 Å². The summed E-state index contributed by atoms with van der Waals surface area (Å²) in [5.41, 5.74) is 2.62. The van der Waals surface area contributed by atoms with E-state index in [1.54, 1.807) is 50.6 Å². The van der Waals surface area contributed by atoms with Gasteiger partial charge in [0, 0.05) is 17.3 Å². The van der Waals surface area contributed by atoms with E-state index in [2.05, 4.69) is 15.0 Å². The molecule has 4 aromatic rings. The lowest BCUT2D eigenvalue weighted by Crippen LogP contribution is -2.06. The Hall–Kier alpha value is -3.65. The minimum absolute atomic E-state index is 0.0682. The minimum Gasteiger partial charge on any atom is -0.497 e. The molecular formula is C22H19N3O4S. The quantitative estimate of drug-likeness (QED) is 0.506. The highest BCUT2D eigenvalue weighted by Crippen LogP contribution is 2.34. The van der Waals surface area contributed by atoms with E-state index in [0.717, 1.165) is 11.1 Å². The van der Waals surface area contributed by atoms with Crippen molar-refractivity contribution in [2.75, 3.05) is 14.2 Å². The van der Waals surface area contributed by atoms with Crippen LogP contribution in [-0.4, -0.2) is 37.6 Å². The molecule has 2 aromatic heterocycles. The Morgan fingerprint density at radius 3 is 1.93 bits per heavy atom. The first kappa shape index (κ1) is 19.7. The maximum Gasteiger partial charge on any atom is 0.257 e. The van der Waals surface area contributed by atoms with E-state index >= 15 is 0 Å². The number of pyridine rings is 1. The largest absolute Gasteiger partial charge is 0.497 e. The van der Waals surface area contributed by atoms with Gasteiger partial charge in [0.25, 0.3) is 9.84 Å². The molecule has 0 unspecified atom stereocenters. The van der Waals surface area contributed by atoms with Gasteiger partial charge in [-0.3, -0.25) is 0 Å². The number of hydrogen-bond donors (Lipinski definition) is 1. The molecule has 0 radical (unpaired) electrons. The number of nitrogens with one attached hydrogen (secondary N) is 1. The number of benzene rings is 2. The fourth-order valence-corrected chi connectivity index (χ4v) is 4.11. The van der Waals surface area contributed by atoms with Crippen molar-refractivity contribution < 1.29 is 17.9 Å². The van der Waals surface area contributed by atoms with Crippen molar-refractivity contribution >= 4 is 9.84 Å². The lowest BCUT2D eigenvalue weighted by Gasteiger charge is -2.06. The van der Waals surface area contributed by atoms with Crippen molar-refractivity contribution in [3.05, 3.63) is 72.9 Å². The second kappa shape index (κ2) is 8.00. The van der Waals surface area contributed by atoms with Crippen LogP contribution in [-0.2, 0) is 9.84 Å². The Morgan fingerprint density at radius 1 is 0.800 bits per heavy atom.